The van der Waals surface area contributed by atoms with E-state index < -0.39 is 21.9 Å². The first-order valence-corrected chi connectivity index (χ1v) is 6.61. The second-order valence-electron chi connectivity index (χ2n) is 3.67. The minimum absolute atomic E-state index is 0.0264. The molecule has 0 saturated carbocycles. The van der Waals surface area contributed by atoms with Crippen LogP contribution in [0.2, 0.25) is 0 Å². The van der Waals surface area contributed by atoms with Crippen LogP contribution in [0.3, 0.4) is 0 Å². The number of halogens is 1. The summed E-state index contributed by atoms with van der Waals surface area (Å²) in [6, 6.07) is 2.53. The Kier molecular flexibility index (Phi) is 4.25. The van der Waals surface area contributed by atoms with E-state index in [9.17, 15) is 17.6 Å². The van der Waals surface area contributed by atoms with E-state index in [1.165, 1.54) is 13.1 Å². The summed E-state index contributed by atoms with van der Waals surface area (Å²) in [5.74, 6) is -1.11. The molecule has 6 nitrogen and oxygen atoms in total. The van der Waals surface area contributed by atoms with Gasteiger partial charge in [0.05, 0.1) is 10.6 Å². The molecule has 0 aliphatic heterocycles. The Morgan fingerprint density at radius 2 is 2.06 bits per heavy atom. The molecule has 1 atom stereocenters. The van der Waals surface area contributed by atoms with Gasteiger partial charge in [-0.25, -0.2) is 17.9 Å². The van der Waals surface area contributed by atoms with Crippen LogP contribution < -0.4 is 15.8 Å². The number of nitrogens with one attached hydrogen (secondary N) is 2. The maximum Gasteiger partial charge on any atom is 0.241 e. The largest absolute Gasteiger partial charge is 0.372 e. The zero-order valence-electron chi connectivity index (χ0n) is 9.90. The van der Waals surface area contributed by atoms with E-state index in [-0.39, 0.29) is 16.5 Å². The second-order valence-corrected chi connectivity index (χ2v) is 5.23. The van der Waals surface area contributed by atoms with Gasteiger partial charge < -0.3 is 10.6 Å². The molecule has 1 amide bonds. The predicted molar refractivity (Wildman–Crippen MR) is 64.9 cm³/mol. The van der Waals surface area contributed by atoms with Crippen molar-refractivity contribution in [2.75, 3.05) is 12.4 Å². The fraction of sp³-hybridized carbons (Fsp3) is 0.300. The molecule has 100 valence electrons. The molecule has 0 saturated heterocycles. The van der Waals surface area contributed by atoms with Crippen LogP contribution in [-0.4, -0.2) is 27.4 Å². The van der Waals surface area contributed by atoms with Crippen LogP contribution in [0.1, 0.15) is 6.92 Å². The number of rotatable bonds is 4. The lowest BCUT2D eigenvalue weighted by Crippen LogP contribution is -2.35. The summed E-state index contributed by atoms with van der Waals surface area (Å²) in [7, 11) is -2.48. The molecule has 8 heteroatoms. The third-order valence-electron chi connectivity index (χ3n) is 2.28. The first-order valence-electron chi connectivity index (χ1n) is 5.06. The number of carbonyl (C=O) groups excluding carboxylic acids is 1. The number of amides is 1. The molecule has 1 rings (SSSR count). The molecule has 0 radical (unpaired) electrons. The smallest absolute Gasteiger partial charge is 0.241 e. The highest BCUT2D eigenvalue weighted by Crippen LogP contribution is 2.18. The molecule has 1 aromatic carbocycles. The van der Waals surface area contributed by atoms with Crippen LogP contribution in [0.15, 0.2) is 23.1 Å². The molecule has 4 N–H and O–H groups in total. The highest BCUT2D eigenvalue weighted by molar-refractivity contribution is 7.89. The lowest BCUT2D eigenvalue weighted by molar-refractivity contribution is -0.121. The average molecular weight is 275 g/mol. The third kappa shape index (κ3) is 3.41. The van der Waals surface area contributed by atoms with Gasteiger partial charge >= 0.3 is 0 Å². The lowest BCUT2D eigenvalue weighted by Gasteiger charge is -2.14. The minimum atomic E-state index is -3.94. The van der Waals surface area contributed by atoms with Crippen molar-refractivity contribution in [2.45, 2.75) is 17.9 Å². The highest BCUT2D eigenvalue weighted by atomic mass is 32.2. The zero-order chi connectivity index (χ0) is 13.9. The van der Waals surface area contributed by atoms with E-state index in [0.717, 1.165) is 12.1 Å². The van der Waals surface area contributed by atoms with Crippen molar-refractivity contribution in [1.82, 2.24) is 5.32 Å². The molecule has 0 aromatic heterocycles. The maximum absolute atomic E-state index is 13.6. The van der Waals surface area contributed by atoms with E-state index in [1.54, 1.807) is 6.92 Å². The minimum Gasteiger partial charge on any atom is -0.372 e. The van der Waals surface area contributed by atoms with E-state index in [1.807, 2.05) is 0 Å². The van der Waals surface area contributed by atoms with E-state index in [4.69, 9.17) is 5.14 Å². The summed E-state index contributed by atoms with van der Waals surface area (Å²) in [6.07, 6.45) is 0. The Labute approximate surface area is 104 Å². The van der Waals surface area contributed by atoms with Gasteiger partial charge in [-0.3, -0.25) is 4.79 Å². The molecule has 0 spiro atoms. The van der Waals surface area contributed by atoms with Gasteiger partial charge in [-0.1, -0.05) is 0 Å². The number of benzene rings is 1. The fourth-order valence-electron chi connectivity index (χ4n) is 1.31. The van der Waals surface area contributed by atoms with Gasteiger partial charge in [0.2, 0.25) is 15.9 Å². The van der Waals surface area contributed by atoms with E-state index >= 15 is 0 Å². The first-order chi connectivity index (χ1) is 8.25. The van der Waals surface area contributed by atoms with Crippen molar-refractivity contribution in [1.29, 1.82) is 0 Å². The zero-order valence-corrected chi connectivity index (χ0v) is 10.7. The summed E-state index contributed by atoms with van der Waals surface area (Å²) in [5.41, 5.74) is 0.0264. The summed E-state index contributed by atoms with van der Waals surface area (Å²) in [4.78, 5) is 10.9. The van der Waals surface area contributed by atoms with Crippen LogP contribution in [-0.2, 0) is 14.8 Å². The average Bonchev–Trinajstić information content (AvgIpc) is 2.29. The van der Waals surface area contributed by atoms with Gasteiger partial charge in [0.25, 0.3) is 0 Å². The van der Waals surface area contributed by atoms with Gasteiger partial charge in [0.15, 0.2) is 0 Å². The quantitative estimate of drug-likeness (QED) is 0.721. The molecular formula is C10H14FN3O3S. The van der Waals surface area contributed by atoms with Crippen LogP contribution in [0.4, 0.5) is 10.1 Å². The number of hydrogen-bond acceptors (Lipinski definition) is 4. The molecule has 0 heterocycles. The number of carbonyl (C=O) groups is 1. The van der Waals surface area contributed by atoms with Gasteiger partial charge in [-0.15, -0.1) is 0 Å². The fourth-order valence-corrected chi connectivity index (χ4v) is 1.83. The molecule has 0 aliphatic rings. The van der Waals surface area contributed by atoms with E-state index in [0.29, 0.717) is 0 Å². The summed E-state index contributed by atoms with van der Waals surface area (Å²) >= 11 is 0. The number of primary sulfonamides is 1. The molecule has 1 aromatic rings. The van der Waals surface area contributed by atoms with Gasteiger partial charge in [-0.2, -0.15) is 0 Å². The van der Waals surface area contributed by atoms with Crippen molar-refractivity contribution in [2.24, 2.45) is 5.14 Å². The summed E-state index contributed by atoms with van der Waals surface area (Å²) in [5, 5.41) is 9.88. The molecular weight excluding hydrogens is 261 g/mol. The second kappa shape index (κ2) is 5.32. The normalized spacial score (nSPS) is 12.9. The Bertz CT molecular complexity index is 559. The van der Waals surface area contributed by atoms with Crippen molar-refractivity contribution in [3.63, 3.8) is 0 Å². The SMILES string of the molecule is CNC(=O)C(C)Nc1ccc(S(N)(=O)=O)cc1F. The van der Waals surface area contributed by atoms with Crippen LogP contribution in [0.5, 0.6) is 0 Å². The summed E-state index contributed by atoms with van der Waals surface area (Å²) < 4.78 is 35.6. The Hall–Kier alpha value is -1.67. The molecule has 0 fully saturated rings. The predicted octanol–water partition coefficient (Wildman–Crippen LogP) is 0.0195. The Balaban J connectivity index is 2.97. The standard InChI is InChI=1S/C10H14FN3O3S/c1-6(10(15)13-2)14-9-4-3-7(5-8(9)11)18(12,16)17/h3-6,14H,1-2H3,(H,13,15)(H2,12,16,17). The molecule has 0 bridgehead atoms. The first kappa shape index (κ1) is 14.4. The highest BCUT2D eigenvalue weighted by Gasteiger charge is 2.15. The number of hydrogen-bond donors (Lipinski definition) is 3. The van der Waals surface area contributed by atoms with Crippen molar-refractivity contribution in [3.8, 4) is 0 Å². The third-order valence-corrected chi connectivity index (χ3v) is 3.19. The van der Waals surface area contributed by atoms with Crippen LogP contribution in [0, 0.1) is 5.82 Å². The summed E-state index contributed by atoms with van der Waals surface area (Å²) in [6.45, 7) is 1.55. The molecule has 18 heavy (non-hydrogen) atoms. The molecule has 1 unspecified atom stereocenters. The van der Waals surface area contributed by atoms with Gasteiger partial charge in [0.1, 0.15) is 11.9 Å². The number of likely N-dealkylation sites (N-methyl/N-ethyl adjacent to an activating group) is 1. The van der Waals surface area contributed by atoms with Crippen LogP contribution in [0.25, 0.3) is 0 Å². The topological polar surface area (TPSA) is 101 Å². The maximum atomic E-state index is 13.6. The number of anilines is 1. The van der Waals surface area contributed by atoms with Gasteiger partial charge in [0, 0.05) is 7.05 Å². The number of sulfonamides is 1. The van der Waals surface area contributed by atoms with Crippen LogP contribution >= 0.6 is 0 Å². The Morgan fingerprint density at radius 3 is 2.50 bits per heavy atom. The lowest BCUT2D eigenvalue weighted by atomic mass is 10.2. The number of nitrogens with two attached hydrogens (primary N) is 1. The van der Waals surface area contributed by atoms with Crippen molar-refractivity contribution in [3.05, 3.63) is 24.0 Å². The monoisotopic (exact) mass is 275 g/mol. The van der Waals surface area contributed by atoms with Crippen molar-refractivity contribution >= 4 is 21.6 Å². The van der Waals surface area contributed by atoms with E-state index in [2.05, 4.69) is 10.6 Å². The Morgan fingerprint density at radius 1 is 1.44 bits per heavy atom. The van der Waals surface area contributed by atoms with Gasteiger partial charge in [-0.05, 0) is 25.1 Å². The molecule has 0 aliphatic carbocycles. The van der Waals surface area contributed by atoms with Crippen molar-refractivity contribution < 1.29 is 17.6 Å².